The topological polar surface area (TPSA) is 57.5 Å². The van der Waals surface area contributed by atoms with Gasteiger partial charge in [0.05, 0.1) is 11.5 Å². The van der Waals surface area contributed by atoms with Gasteiger partial charge < -0.3 is 10.2 Å². The average molecular weight is 254 g/mol. The Morgan fingerprint density at radius 1 is 1.47 bits per heavy atom. The van der Waals surface area contributed by atoms with Crippen molar-refractivity contribution >= 4 is 17.7 Å². The molecule has 2 N–H and O–H groups in total. The van der Waals surface area contributed by atoms with Crippen molar-refractivity contribution in [2.45, 2.75) is 31.8 Å². The molecule has 0 heterocycles. The fourth-order valence-electron chi connectivity index (χ4n) is 1.19. The largest absolute Gasteiger partial charge is 0.481 e. The Balaban J connectivity index is 2.70. The molecule has 1 unspecified atom stereocenters. The van der Waals surface area contributed by atoms with Gasteiger partial charge in [-0.2, -0.15) is 0 Å². The van der Waals surface area contributed by atoms with E-state index in [0.29, 0.717) is 5.75 Å². The number of hydrogen-bond acceptors (Lipinski definition) is 3. The third-order valence-corrected chi connectivity index (χ3v) is 3.97. The lowest BCUT2D eigenvalue weighted by molar-refractivity contribution is -0.145. The second-order valence-corrected chi connectivity index (χ2v) is 5.77. The van der Waals surface area contributed by atoms with Crippen LogP contribution in [0.4, 0.5) is 0 Å². The Morgan fingerprint density at radius 2 is 2.12 bits per heavy atom. The van der Waals surface area contributed by atoms with E-state index in [0.717, 1.165) is 10.5 Å². The third kappa shape index (κ3) is 4.06. The molecule has 1 aromatic carbocycles. The summed E-state index contributed by atoms with van der Waals surface area (Å²) < 4.78 is 0. The van der Waals surface area contributed by atoms with Crippen molar-refractivity contribution in [3.8, 4) is 0 Å². The number of aliphatic carboxylic acids is 1. The van der Waals surface area contributed by atoms with E-state index in [2.05, 4.69) is 0 Å². The Morgan fingerprint density at radius 3 is 2.65 bits per heavy atom. The van der Waals surface area contributed by atoms with Crippen molar-refractivity contribution in [3.63, 3.8) is 0 Å². The minimum Gasteiger partial charge on any atom is -0.481 e. The second kappa shape index (κ2) is 5.56. The highest BCUT2D eigenvalue weighted by molar-refractivity contribution is 7.99. The first-order valence-electron chi connectivity index (χ1n) is 5.47. The summed E-state index contributed by atoms with van der Waals surface area (Å²) in [6.45, 7) is 5.13. The lowest BCUT2D eigenvalue weighted by Crippen LogP contribution is -2.26. The zero-order chi connectivity index (χ0) is 13.1. The molecule has 3 nitrogen and oxygen atoms in total. The van der Waals surface area contributed by atoms with E-state index in [4.69, 9.17) is 5.11 Å². The predicted molar refractivity (Wildman–Crippen MR) is 69.2 cm³/mol. The molecule has 0 aliphatic rings. The number of carboxylic acid groups (broad SMARTS) is 1. The number of aliphatic hydroxyl groups excluding tert-OH is 1. The highest BCUT2D eigenvalue weighted by Crippen LogP contribution is 2.29. The molecule has 17 heavy (non-hydrogen) atoms. The number of carboxylic acids is 1. The van der Waals surface area contributed by atoms with Crippen molar-refractivity contribution in [1.29, 1.82) is 0 Å². The smallest absolute Gasteiger partial charge is 0.309 e. The van der Waals surface area contributed by atoms with Crippen LogP contribution in [0.5, 0.6) is 0 Å². The van der Waals surface area contributed by atoms with Crippen LogP contribution in [0, 0.1) is 5.41 Å². The predicted octanol–water partition coefficient (Wildman–Crippen LogP) is 2.94. The van der Waals surface area contributed by atoms with Crippen molar-refractivity contribution in [2.24, 2.45) is 5.41 Å². The first-order valence-corrected chi connectivity index (χ1v) is 6.46. The first kappa shape index (κ1) is 14.1. The molecule has 0 spiro atoms. The van der Waals surface area contributed by atoms with E-state index in [1.165, 1.54) is 11.8 Å². The lowest BCUT2D eigenvalue weighted by Gasteiger charge is -2.18. The summed E-state index contributed by atoms with van der Waals surface area (Å²) in [6.07, 6.45) is -0.497. The first-order chi connectivity index (χ1) is 7.83. The minimum absolute atomic E-state index is 0.497. The molecule has 1 aromatic rings. The van der Waals surface area contributed by atoms with E-state index in [1.807, 2.05) is 24.3 Å². The molecule has 1 atom stereocenters. The van der Waals surface area contributed by atoms with Gasteiger partial charge in [0.25, 0.3) is 0 Å². The fraction of sp³-hybridized carbons (Fsp3) is 0.462. The van der Waals surface area contributed by atoms with E-state index in [-0.39, 0.29) is 0 Å². The van der Waals surface area contributed by atoms with Crippen LogP contribution in [0.25, 0.3) is 0 Å². The molecule has 0 aromatic heterocycles. The standard InChI is InChI=1S/C13H18O3S/c1-9(14)10-5-4-6-11(7-10)17-8-13(2,3)12(15)16/h4-7,9,14H,8H2,1-3H3,(H,15,16). The summed E-state index contributed by atoms with van der Waals surface area (Å²) in [4.78, 5) is 11.9. The highest BCUT2D eigenvalue weighted by Gasteiger charge is 2.27. The van der Waals surface area contributed by atoms with Crippen LogP contribution in [-0.2, 0) is 4.79 Å². The molecular formula is C13H18O3S. The van der Waals surface area contributed by atoms with Gasteiger partial charge in [-0.1, -0.05) is 12.1 Å². The van der Waals surface area contributed by atoms with Gasteiger partial charge in [-0.3, -0.25) is 4.79 Å². The number of benzene rings is 1. The van der Waals surface area contributed by atoms with Crippen molar-refractivity contribution in [3.05, 3.63) is 29.8 Å². The summed E-state index contributed by atoms with van der Waals surface area (Å²) in [5.74, 6) is -0.289. The van der Waals surface area contributed by atoms with Crippen LogP contribution in [0.2, 0.25) is 0 Å². The Hall–Kier alpha value is -1.00. The quantitative estimate of drug-likeness (QED) is 0.793. The summed E-state index contributed by atoms with van der Waals surface area (Å²) in [6, 6.07) is 7.55. The fourth-order valence-corrected chi connectivity index (χ4v) is 2.23. The summed E-state index contributed by atoms with van der Waals surface area (Å²) in [5, 5.41) is 18.5. The maximum atomic E-state index is 11.0. The van der Waals surface area contributed by atoms with Crippen LogP contribution in [-0.4, -0.2) is 21.9 Å². The van der Waals surface area contributed by atoms with Gasteiger partial charge in [-0.15, -0.1) is 11.8 Å². The molecule has 0 saturated heterocycles. The molecule has 94 valence electrons. The summed E-state index contributed by atoms with van der Waals surface area (Å²) in [5.41, 5.74) is 0.106. The van der Waals surface area contributed by atoms with E-state index in [9.17, 15) is 9.90 Å². The second-order valence-electron chi connectivity index (χ2n) is 4.73. The zero-order valence-corrected chi connectivity index (χ0v) is 11.1. The van der Waals surface area contributed by atoms with Crippen LogP contribution < -0.4 is 0 Å². The van der Waals surface area contributed by atoms with Crippen LogP contribution in [0.15, 0.2) is 29.2 Å². The maximum Gasteiger partial charge on any atom is 0.309 e. The molecule has 0 saturated carbocycles. The zero-order valence-electron chi connectivity index (χ0n) is 10.3. The van der Waals surface area contributed by atoms with Gasteiger partial charge in [0, 0.05) is 10.6 Å². The minimum atomic E-state index is -0.795. The number of carbonyl (C=O) groups is 1. The molecule has 0 fully saturated rings. The number of hydrogen-bond donors (Lipinski definition) is 2. The van der Waals surface area contributed by atoms with Crippen molar-refractivity contribution in [1.82, 2.24) is 0 Å². The van der Waals surface area contributed by atoms with E-state index >= 15 is 0 Å². The van der Waals surface area contributed by atoms with Gasteiger partial charge in [0.15, 0.2) is 0 Å². The molecule has 4 heteroatoms. The maximum absolute atomic E-state index is 11.0. The Bertz CT molecular complexity index is 399. The van der Waals surface area contributed by atoms with Gasteiger partial charge in [0.2, 0.25) is 0 Å². The van der Waals surface area contributed by atoms with Gasteiger partial charge >= 0.3 is 5.97 Å². The lowest BCUT2D eigenvalue weighted by atomic mass is 9.97. The number of aliphatic hydroxyl groups is 1. The average Bonchev–Trinajstić information content (AvgIpc) is 2.26. The molecular weight excluding hydrogens is 236 g/mol. The summed E-state index contributed by atoms with van der Waals surface area (Å²) in [7, 11) is 0. The van der Waals surface area contributed by atoms with Gasteiger partial charge in [-0.05, 0) is 38.5 Å². The molecule has 0 aliphatic carbocycles. The van der Waals surface area contributed by atoms with Gasteiger partial charge in [0.1, 0.15) is 0 Å². The molecule has 0 bridgehead atoms. The van der Waals surface area contributed by atoms with Crippen LogP contribution in [0.3, 0.4) is 0 Å². The van der Waals surface area contributed by atoms with Gasteiger partial charge in [-0.25, -0.2) is 0 Å². The Kier molecular flexibility index (Phi) is 4.60. The number of rotatable bonds is 5. The van der Waals surface area contributed by atoms with Crippen molar-refractivity contribution in [2.75, 3.05) is 5.75 Å². The normalized spacial score (nSPS) is 13.4. The summed E-state index contributed by atoms with van der Waals surface area (Å²) >= 11 is 1.50. The van der Waals surface area contributed by atoms with Crippen LogP contribution in [0.1, 0.15) is 32.4 Å². The molecule has 0 aliphatic heterocycles. The molecule has 1 rings (SSSR count). The van der Waals surface area contributed by atoms with E-state index < -0.39 is 17.5 Å². The third-order valence-electron chi connectivity index (χ3n) is 2.52. The molecule has 0 amide bonds. The SMILES string of the molecule is CC(O)c1cccc(SCC(C)(C)C(=O)O)c1. The molecule has 0 radical (unpaired) electrons. The number of thioether (sulfide) groups is 1. The Labute approximate surface area is 106 Å². The van der Waals surface area contributed by atoms with Crippen molar-refractivity contribution < 1.29 is 15.0 Å². The van der Waals surface area contributed by atoms with Crippen LogP contribution >= 0.6 is 11.8 Å². The highest BCUT2D eigenvalue weighted by atomic mass is 32.2. The van der Waals surface area contributed by atoms with E-state index in [1.54, 1.807) is 20.8 Å². The monoisotopic (exact) mass is 254 g/mol.